The van der Waals surface area contributed by atoms with Crippen LogP contribution in [0, 0.1) is 34.5 Å². The molecular weight excluding hydrogens is 288 g/mol. The van der Waals surface area contributed by atoms with Gasteiger partial charge in [-0.2, -0.15) is 0 Å². The summed E-state index contributed by atoms with van der Waals surface area (Å²) in [5.74, 6) is 2.37. The lowest BCUT2D eigenvalue weighted by atomic mass is 9.47. The van der Waals surface area contributed by atoms with E-state index in [1.54, 1.807) is 0 Å². The predicted molar refractivity (Wildman–Crippen MR) is 87.7 cm³/mol. The van der Waals surface area contributed by atoms with Crippen LogP contribution in [-0.4, -0.2) is 23.3 Å². The first-order valence-corrected chi connectivity index (χ1v) is 9.31. The highest BCUT2D eigenvalue weighted by Gasteiger charge is 2.61. The molecule has 4 rings (SSSR count). The van der Waals surface area contributed by atoms with E-state index >= 15 is 0 Å². The Morgan fingerprint density at radius 1 is 1.17 bits per heavy atom. The molecule has 4 aliphatic rings. The summed E-state index contributed by atoms with van der Waals surface area (Å²) in [6, 6.07) is 0. The molecule has 0 aromatic heterocycles. The molecule has 0 spiro atoms. The van der Waals surface area contributed by atoms with E-state index in [1.165, 1.54) is 5.57 Å². The molecule has 0 aromatic carbocycles. The van der Waals surface area contributed by atoms with E-state index in [9.17, 15) is 14.7 Å². The van der Waals surface area contributed by atoms with Crippen LogP contribution in [0.2, 0.25) is 0 Å². The van der Waals surface area contributed by atoms with Crippen LogP contribution >= 0.6 is 0 Å². The molecule has 3 saturated carbocycles. The first kappa shape index (κ1) is 15.6. The van der Waals surface area contributed by atoms with Crippen molar-refractivity contribution in [3.05, 3.63) is 11.6 Å². The number of ketones is 2. The van der Waals surface area contributed by atoms with Crippen LogP contribution in [0.3, 0.4) is 0 Å². The zero-order valence-corrected chi connectivity index (χ0v) is 14.3. The van der Waals surface area contributed by atoms with E-state index in [0.29, 0.717) is 30.0 Å². The molecule has 0 aliphatic heterocycles. The van der Waals surface area contributed by atoms with Crippen LogP contribution in [0.15, 0.2) is 11.6 Å². The van der Waals surface area contributed by atoms with Gasteiger partial charge in [-0.25, -0.2) is 0 Å². The highest BCUT2D eigenvalue weighted by Crippen LogP contribution is 2.65. The molecule has 0 heterocycles. The molecule has 0 amide bonds. The number of aliphatic hydroxyl groups excluding tert-OH is 1. The molecule has 3 heteroatoms. The minimum absolute atomic E-state index is 0.136. The van der Waals surface area contributed by atoms with Crippen LogP contribution in [0.4, 0.5) is 0 Å². The largest absolute Gasteiger partial charge is 0.395 e. The van der Waals surface area contributed by atoms with Gasteiger partial charge in [-0.05, 0) is 62.4 Å². The molecule has 4 aliphatic carbocycles. The zero-order chi connectivity index (χ0) is 16.4. The first-order valence-electron chi connectivity index (χ1n) is 9.31. The van der Waals surface area contributed by atoms with Gasteiger partial charge < -0.3 is 5.11 Å². The molecule has 0 radical (unpaired) electrons. The Morgan fingerprint density at radius 3 is 2.70 bits per heavy atom. The molecule has 3 nitrogen and oxygen atoms in total. The van der Waals surface area contributed by atoms with Gasteiger partial charge >= 0.3 is 0 Å². The van der Waals surface area contributed by atoms with Crippen LogP contribution in [-0.2, 0) is 9.59 Å². The lowest BCUT2D eigenvalue weighted by Crippen LogP contribution is -2.53. The summed E-state index contributed by atoms with van der Waals surface area (Å²) in [6.07, 6.45) is 8.26. The molecule has 6 atom stereocenters. The Bertz CT molecular complexity index is 592. The van der Waals surface area contributed by atoms with Crippen molar-refractivity contribution in [2.75, 3.05) is 6.61 Å². The second-order valence-corrected chi connectivity index (χ2v) is 8.82. The van der Waals surface area contributed by atoms with Crippen molar-refractivity contribution in [2.24, 2.45) is 34.5 Å². The molecule has 0 saturated heterocycles. The topological polar surface area (TPSA) is 54.4 Å². The standard InChI is InChI=1S/C20H28O3/c1-12-9-17-15-4-3-13-10-14(22)5-8-20(13,11-21)16(15)6-7-19(17,2)18(12)23/h10,12,15-17,21H,3-9,11H2,1-2H3/t12?,15-,16+,17+,19+,20-/m1/s1. The fourth-order valence-electron chi connectivity index (χ4n) is 6.77. The van der Waals surface area contributed by atoms with Gasteiger partial charge in [-0.15, -0.1) is 0 Å². The minimum atomic E-state index is -0.174. The Kier molecular flexibility index (Phi) is 3.39. The smallest absolute Gasteiger partial charge is 0.155 e. The maximum atomic E-state index is 12.7. The average Bonchev–Trinajstić information content (AvgIpc) is 2.78. The van der Waals surface area contributed by atoms with Gasteiger partial charge in [-0.3, -0.25) is 9.59 Å². The molecule has 1 unspecified atom stereocenters. The van der Waals surface area contributed by atoms with Gasteiger partial charge in [0.2, 0.25) is 0 Å². The van der Waals surface area contributed by atoms with Gasteiger partial charge in [0.05, 0.1) is 6.61 Å². The summed E-state index contributed by atoms with van der Waals surface area (Å²) < 4.78 is 0. The van der Waals surface area contributed by atoms with Crippen molar-refractivity contribution in [2.45, 2.75) is 58.8 Å². The van der Waals surface area contributed by atoms with Crippen molar-refractivity contribution in [1.82, 2.24) is 0 Å². The Hall–Kier alpha value is -0.960. The van der Waals surface area contributed by atoms with Gasteiger partial charge in [0.1, 0.15) is 5.78 Å². The number of carbonyl (C=O) groups is 2. The van der Waals surface area contributed by atoms with E-state index in [2.05, 4.69) is 13.8 Å². The van der Waals surface area contributed by atoms with Gasteiger partial charge in [-0.1, -0.05) is 19.4 Å². The summed E-state index contributed by atoms with van der Waals surface area (Å²) in [6.45, 7) is 4.46. The minimum Gasteiger partial charge on any atom is -0.395 e. The highest BCUT2D eigenvalue weighted by molar-refractivity contribution is 5.92. The summed E-state index contributed by atoms with van der Waals surface area (Å²) in [7, 11) is 0. The molecule has 1 N–H and O–H groups in total. The molecule has 126 valence electrons. The average molecular weight is 316 g/mol. The number of rotatable bonds is 1. The molecule has 23 heavy (non-hydrogen) atoms. The number of aliphatic hydroxyl groups is 1. The maximum absolute atomic E-state index is 12.7. The maximum Gasteiger partial charge on any atom is 0.155 e. The van der Waals surface area contributed by atoms with E-state index < -0.39 is 0 Å². The molecule has 0 bridgehead atoms. The first-order chi connectivity index (χ1) is 10.9. The SMILES string of the molecule is CC1C[C@H]2[C@@H]3CCC4=CC(=O)CC[C@]4(CO)[C@H]3CC[C@]2(C)C1=O. The second-order valence-electron chi connectivity index (χ2n) is 8.82. The quantitative estimate of drug-likeness (QED) is 0.807. The van der Waals surface area contributed by atoms with E-state index in [4.69, 9.17) is 0 Å². The van der Waals surface area contributed by atoms with E-state index in [0.717, 1.165) is 38.5 Å². The van der Waals surface area contributed by atoms with Crippen LogP contribution in [0.25, 0.3) is 0 Å². The number of hydrogen-bond acceptors (Lipinski definition) is 3. The molecule has 3 fully saturated rings. The van der Waals surface area contributed by atoms with E-state index in [-0.39, 0.29) is 29.1 Å². The third-order valence-electron chi connectivity index (χ3n) is 7.98. The third-order valence-corrected chi connectivity index (χ3v) is 7.98. The van der Waals surface area contributed by atoms with Crippen molar-refractivity contribution in [3.63, 3.8) is 0 Å². The Morgan fingerprint density at radius 2 is 1.96 bits per heavy atom. The van der Waals surface area contributed by atoms with Crippen LogP contribution in [0.5, 0.6) is 0 Å². The highest BCUT2D eigenvalue weighted by atomic mass is 16.3. The van der Waals surface area contributed by atoms with Crippen LogP contribution in [0.1, 0.15) is 58.8 Å². The molecular formula is C20H28O3. The van der Waals surface area contributed by atoms with E-state index in [1.807, 2.05) is 6.08 Å². The fourth-order valence-corrected chi connectivity index (χ4v) is 6.77. The lowest BCUT2D eigenvalue weighted by Gasteiger charge is -2.57. The normalized spacial score (nSPS) is 49.3. The summed E-state index contributed by atoms with van der Waals surface area (Å²) >= 11 is 0. The number of Topliss-reactive ketones (excluding diaryl/α,β-unsaturated/α-hetero) is 1. The lowest BCUT2D eigenvalue weighted by molar-refractivity contribution is -0.135. The van der Waals surface area contributed by atoms with Crippen molar-refractivity contribution >= 4 is 11.6 Å². The fraction of sp³-hybridized carbons (Fsp3) is 0.800. The number of carbonyl (C=O) groups excluding carboxylic acids is 2. The Balaban J connectivity index is 1.73. The summed E-state index contributed by atoms with van der Waals surface area (Å²) in [5.41, 5.74) is 0.897. The van der Waals surface area contributed by atoms with Gasteiger partial charge in [0, 0.05) is 23.2 Å². The van der Waals surface area contributed by atoms with Gasteiger partial charge in [0.15, 0.2) is 5.78 Å². The zero-order valence-electron chi connectivity index (χ0n) is 14.3. The Labute approximate surface area is 138 Å². The van der Waals surface area contributed by atoms with Crippen LogP contribution < -0.4 is 0 Å². The van der Waals surface area contributed by atoms with Crippen molar-refractivity contribution < 1.29 is 14.7 Å². The number of fused-ring (bicyclic) bond motifs is 5. The summed E-state index contributed by atoms with van der Waals surface area (Å²) in [4.78, 5) is 24.6. The van der Waals surface area contributed by atoms with Gasteiger partial charge in [0.25, 0.3) is 0 Å². The van der Waals surface area contributed by atoms with Crippen molar-refractivity contribution in [3.8, 4) is 0 Å². The second kappa shape index (κ2) is 5.02. The number of hydrogen-bond donors (Lipinski definition) is 1. The predicted octanol–water partition coefficient (Wildman–Crippen LogP) is 3.31. The monoisotopic (exact) mass is 316 g/mol. The third kappa shape index (κ3) is 1.92. The van der Waals surface area contributed by atoms with Crippen molar-refractivity contribution in [1.29, 1.82) is 0 Å². The summed E-state index contributed by atoms with van der Waals surface area (Å²) in [5, 5.41) is 10.3. The molecule has 0 aromatic rings.